The van der Waals surface area contributed by atoms with Crippen molar-refractivity contribution in [2.45, 2.75) is 51.7 Å². The van der Waals surface area contributed by atoms with Crippen LogP contribution in [0.15, 0.2) is 24.3 Å². The molecular formula is C18H25NO4. The summed E-state index contributed by atoms with van der Waals surface area (Å²) in [5.74, 6) is 0.531. The molecule has 1 aliphatic rings. The zero-order valence-electron chi connectivity index (χ0n) is 14.0. The minimum Gasteiger partial charge on any atom is -0.497 e. The van der Waals surface area contributed by atoms with Crippen LogP contribution < -0.4 is 10.1 Å². The smallest absolute Gasteiger partial charge is 0.308 e. The zero-order valence-corrected chi connectivity index (χ0v) is 14.0. The van der Waals surface area contributed by atoms with Gasteiger partial charge in [0.2, 0.25) is 5.91 Å². The molecule has 1 amide bonds. The number of esters is 1. The van der Waals surface area contributed by atoms with E-state index in [0.29, 0.717) is 0 Å². The van der Waals surface area contributed by atoms with E-state index < -0.39 is 0 Å². The summed E-state index contributed by atoms with van der Waals surface area (Å²) < 4.78 is 10.4. The molecule has 1 saturated carbocycles. The molecule has 1 aromatic carbocycles. The maximum Gasteiger partial charge on any atom is 0.308 e. The highest BCUT2D eigenvalue weighted by Gasteiger charge is 2.28. The van der Waals surface area contributed by atoms with Gasteiger partial charge in [0, 0.05) is 5.92 Å². The van der Waals surface area contributed by atoms with E-state index in [1.54, 1.807) is 7.11 Å². The van der Waals surface area contributed by atoms with Crippen LogP contribution in [0.5, 0.6) is 5.75 Å². The average Bonchev–Trinajstić information content (AvgIpc) is 2.44. The highest BCUT2D eigenvalue weighted by Crippen LogP contribution is 2.28. The summed E-state index contributed by atoms with van der Waals surface area (Å²) >= 11 is 0. The maximum absolute atomic E-state index is 12.2. The van der Waals surface area contributed by atoms with Crippen LogP contribution in [0.2, 0.25) is 0 Å². The highest BCUT2D eigenvalue weighted by molar-refractivity contribution is 5.81. The largest absolute Gasteiger partial charge is 0.497 e. The Labute approximate surface area is 137 Å². The number of ether oxygens (including phenoxy) is 2. The second-order valence-corrected chi connectivity index (χ2v) is 6.20. The molecule has 0 aromatic heterocycles. The van der Waals surface area contributed by atoms with Crippen molar-refractivity contribution >= 4 is 11.9 Å². The van der Waals surface area contributed by atoms with Crippen molar-refractivity contribution in [2.75, 3.05) is 7.11 Å². The van der Waals surface area contributed by atoms with Gasteiger partial charge < -0.3 is 14.8 Å². The van der Waals surface area contributed by atoms with Crippen LogP contribution in [0.25, 0.3) is 0 Å². The lowest BCUT2D eigenvalue weighted by Crippen LogP contribution is -2.38. The third-order valence-electron chi connectivity index (χ3n) is 4.05. The Hall–Kier alpha value is -2.04. The molecule has 1 aliphatic carbocycles. The van der Waals surface area contributed by atoms with Gasteiger partial charge in [0.05, 0.1) is 25.7 Å². The summed E-state index contributed by atoms with van der Waals surface area (Å²) in [6, 6.07) is 7.01. The molecule has 2 rings (SSSR count). The molecule has 0 aliphatic heterocycles. The number of methoxy groups -OCH3 is 1. The fourth-order valence-electron chi connectivity index (χ4n) is 2.53. The molecule has 0 radical (unpaired) electrons. The predicted octanol–water partition coefficient (Wildman–Crippen LogP) is 2.99. The third kappa shape index (κ3) is 4.98. The monoisotopic (exact) mass is 319 g/mol. The van der Waals surface area contributed by atoms with Crippen molar-refractivity contribution in [2.24, 2.45) is 5.92 Å². The van der Waals surface area contributed by atoms with Gasteiger partial charge in [-0.2, -0.15) is 0 Å². The highest BCUT2D eigenvalue weighted by atomic mass is 16.5. The Morgan fingerprint density at radius 1 is 1.22 bits per heavy atom. The Morgan fingerprint density at radius 2 is 1.87 bits per heavy atom. The number of nitrogens with one attached hydrogen (secondary N) is 1. The van der Waals surface area contributed by atoms with Gasteiger partial charge in [0.1, 0.15) is 5.75 Å². The lowest BCUT2D eigenvalue weighted by Gasteiger charge is -2.27. The molecule has 1 aromatic rings. The number of rotatable bonds is 7. The standard InChI is InChI=1S/C18H25NO4/c1-12(2)23-17(20)11-16(19-18(21)14-5-4-6-14)13-7-9-15(22-3)10-8-13/h7-10,12,14,16H,4-6,11H2,1-3H3,(H,19,21). The van der Waals surface area contributed by atoms with Crippen molar-refractivity contribution in [1.29, 1.82) is 0 Å². The summed E-state index contributed by atoms with van der Waals surface area (Å²) in [5.41, 5.74) is 0.874. The van der Waals surface area contributed by atoms with Gasteiger partial charge >= 0.3 is 5.97 Å². The van der Waals surface area contributed by atoms with Gasteiger partial charge in [-0.15, -0.1) is 0 Å². The summed E-state index contributed by atoms with van der Waals surface area (Å²) in [5, 5.41) is 3.00. The van der Waals surface area contributed by atoms with Crippen LogP contribution in [0.3, 0.4) is 0 Å². The molecule has 5 heteroatoms. The second kappa shape index (κ2) is 7.99. The van der Waals surface area contributed by atoms with E-state index in [4.69, 9.17) is 9.47 Å². The van der Waals surface area contributed by atoms with E-state index in [2.05, 4.69) is 5.32 Å². The molecule has 0 bridgehead atoms. The molecular weight excluding hydrogens is 294 g/mol. The first-order valence-electron chi connectivity index (χ1n) is 8.13. The summed E-state index contributed by atoms with van der Waals surface area (Å²) in [6.45, 7) is 3.63. The van der Waals surface area contributed by atoms with Crippen molar-refractivity contribution in [3.8, 4) is 5.75 Å². The van der Waals surface area contributed by atoms with E-state index in [1.807, 2.05) is 38.1 Å². The molecule has 0 heterocycles. The molecule has 1 fully saturated rings. The molecule has 126 valence electrons. The van der Waals surface area contributed by atoms with E-state index in [9.17, 15) is 9.59 Å². The molecule has 0 saturated heterocycles. The van der Waals surface area contributed by atoms with E-state index >= 15 is 0 Å². The first-order chi connectivity index (χ1) is 11.0. The average molecular weight is 319 g/mol. The summed E-state index contributed by atoms with van der Waals surface area (Å²) in [7, 11) is 1.60. The van der Waals surface area contributed by atoms with Crippen LogP contribution in [0.1, 0.15) is 51.1 Å². The first kappa shape index (κ1) is 17.3. The van der Waals surface area contributed by atoms with Crippen molar-refractivity contribution in [1.82, 2.24) is 5.32 Å². The maximum atomic E-state index is 12.2. The van der Waals surface area contributed by atoms with Gasteiger partial charge in [0.25, 0.3) is 0 Å². The van der Waals surface area contributed by atoms with Crippen LogP contribution in [0.4, 0.5) is 0 Å². The number of carbonyl (C=O) groups excluding carboxylic acids is 2. The lowest BCUT2D eigenvalue weighted by molar-refractivity contribution is -0.148. The Bertz CT molecular complexity index is 534. The Kier molecular flexibility index (Phi) is 6.02. The number of carbonyl (C=O) groups is 2. The Balaban J connectivity index is 2.08. The molecule has 23 heavy (non-hydrogen) atoms. The SMILES string of the molecule is COc1ccc(C(CC(=O)OC(C)C)NC(=O)C2CCC2)cc1. The molecule has 0 spiro atoms. The number of hydrogen-bond donors (Lipinski definition) is 1. The quantitative estimate of drug-likeness (QED) is 0.785. The minimum absolute atomic E-state index is 0.0226. The topological polar surface area (TPSA) is 64.6 Å². The first-order valence-corrected chi connectivity index (χ1v) is 8.13. The summed E-state index contributed by atoms with van der Waals surface area (Å²) in [6.07, 6.45) is 2.92. The third-order valence-corrected chi connectivity index (χ3v) is 4.05. The number of amides is 1. The predicted molar refractivity (Wildman–Crippen MR) is 87.1 cm³/mol. The van der Waals surface area contributed by atoms with Gasteiger partial charge in [-0.05, 0) is 44.4 Å². The Morgan fingerprint density at radius 3 is 2.35 bits per heavy atom. The number of hydrogen-bond acceptors (Lipinski definition) is 4. The van der Waals surface area contributed by atoms with Crippen molar-refractivity contribution in [3.63, 3.8) is 0 Å². The normalized spacial score (nSPS) is 15.7. The van der Waals surface area contributed by atoms with Crippen molar-refractivity contribution < 1.29 is 19.1 Å². The van der Waals surface area contributed by atoms with Gasteiger partial charge in [-0.25, -0.2) is 0 Å². The van der Waals surface area contributed by atoms with Crippen LogP contribution >= 0.6 is 0 Å². The van der Waals surface area contributed by atoms with Crippen molar-refractivity contribution in [3.05, 3.63) is 29.8 Å². The molecule has 1 atom stereocenters. The van der Waals surface area contributed by atoms with E-state index in [1.165, 1.54) is 0 Å². The van der Waals surface area contributed by atoms with Gasteiger partial charge in [-0.3, -0.25) is 9.59 Å². The lowest BCUT2D eigenvalue weighted by atomic mass is 9.84. The van der Waals surface area contributed by atoms with Crippen LogP contribution in [0, 0.1) is 5.92 Å². The molecule has 5 nitrogen and oxygen atoms in total. The molecule has 1 unspecified atom stereocenters. The summed E-state index contributed by atoms with van der Waals surface area (Å²) in [4.78, 5) is 24.2. The molecule has 1 N–H and O–H groups in total. The zero-order chi connectivity index (χ0) is 16.8. The van der Waals surface area contributed by atoms with Crippen LogP contribution in [-0.4, -0.2) is 25.1 Å². The van der Waals surface area contributed by atoms with Crippen LogP contribution in [-0.2, 0) is 14.3 Å². The van der Waals surface area contributed by atoms with Gasteiger partial charge in [-0.1, -0.05) is 18.6 Å². The second-order valence-electron chi connectivity index (χ2n) is 6.20. The van der Waals surface area contributed by atoms with Gasteiger partial charge in [0.15, 0.2) is 0 Å². The fourth-order valence-corrected chi connectivity index (χ4v) is 2.53. The fraction of sp³-hybridized carbons (Fsp3) is 0.556. The van der Waals surface area contributed by atoms with E-state index in [-0.39, 0.29) is 36.4 Å². The minimum atomic E-state index is -0.375. The van der Waals surface area contributed by atoms with E-state index in [0.717, 1.165) is 30.6 Å². The number of benzene rings is 1.